The summed E-state index contributed by atoms with van der Waals surface area (Å²) in [4.78, 5) is 8.67. The van der Waals surface area contributed by atoms with E-state index in [2.05, 4.69) is 25.7 Å². The van der Waals surface area contributed by atoms with Crippen LogP contribution < -0.4 is 10.6 Å². The summed E-state index contributed by atoms with van der Waals surface area (Å²) >= 11 is 0. The molecular weight excluding hydrogens is 455 g/mol. The molecule has 1 atom stereocenters. The largest absolute Gasteiger partial charge is 0.355 e. The van der Waals surface area contributed by atoms with E-state index in [0.717, 1.165) is 31.0 Å². The Morgan fingerprint density at radius 1 is 1.40 bits per heavy atom. The highest BCUT2D eigenvalue weighted by Crippen LogP contribution is 2.22. The van der Waals surface area contributed by atoms with Crippen LogP contribution in [-0.2, 0) is 16.4 Å². The van der Waals surface area contributed by atoms with Gasteiger partial charge in [0.15, 0.2) is 15.8 Å². The minimum Gasteiger partial charge on any atom is -0.355 e. The first kappa shape index (κ1) is 22.1. The van der Waals surface area contributed by atoms with Gasteiger partial charge in [-0.2, -0.15) is 5.10 Å². The molecule has 1 unspecified atom stereocenters. The van der Waals surface area contributed by atoms with Gasteiger partial charge in [-0.05, 0) is 40.5 Å². The average Bonchev–Trinajstić information content (AvgIpc) is 2.86. The van der Waals surface area contributed by atoms with Crippen LogP contribution in [0.15, 0.2) is 4.99 Å². The fraction of sp³-hybridized carbons (Fsp3) is 0.800. The minimum atomic E-state index is -3.15. The van der Waals surface area contributed by atoms with E-state index in [0.29, 0.717) is 12.5 Å². The van der Waals surface area contributed by atoms with E-state index in [9.17, 15) is 8.42 Å². The van der Waals surface area contributed by atoms with Gasteiger partial charge in [0.1, 0.15) is 11.6 Å². The number of aromatic nitrogens is 3. The topological polar surface area (TPSA) is 101 Å². The third kappa shape index (κ3) is 5.53. The van der Waals surface area contributed by atoms with Crippen LogP contribution in [0.2, 0.25) is 0 Å². The Balaban J connectivity index is 0.00000312. The first-order valence-electron chi connectivity index (χ1n) is 8.25. The predicted molar refractivity (Wildman–Crippen MR) is 110 cm³/mol. The van der Waals surface area contributed by atoms with Crippen molar-refractivity contribution in [1.82, 2.24) is 25.4 Å². The fourth-order valence-corrected chi connectivity index (χ4v) is 3.56. The summed E-state index contributed by atoms with van der Waals surface area (Å²) in [6.45, 7) is 8.22. The zero-order valence-electron chi connectivity index (χ0n) is 15.5. The number of aliphatic imine (C=N–C) groups is 1. The number of hydrogen-bond donors (Lipinski definition) is 2. The van der Waals surface area contributed by atoms with E-state index in [1.165, 1.54) is 0 Å². The van der Waals surface area contributed by atoms with Gasteiger partial charge < -0.3 is 10.6 Å². The smallest absolute Gasteiger partial charge is 0.191 e. The fourth-order valence-electron chi connectivity index (χ4n) is 2.57. The second kappa shape index (κ2) is 8.65. The van der Waals surface area contributed by atoms with Gasteiger partial charge in [-0.3, -0.25) is 4.99 Å². The number of guanidine groups is 1. The van der Waals surface area contributed by atoms with Gasteiger partial charge in [0, 0.05) is 20.1 Å². The van der Waals surface area contributed by atoms with Crippen LogP contribution in [0.3, 0.4) is 0 Å². The van der Waals surface area contributed by atoms with Gasteiger partial charge in [0.25, 0.3) is 0 Å². The van der Waals surface area contributed by atoms with Crippen molar-refractivity contribution in [3.8, 4) is 0 Å². The van der Waals surface area contributed by atoms with Crippen LogP contribution in [0.4, 0.5) is 0 Å². The third-order valence-corrected chi connectivity index (χ3v) is 6.72. The molecule has 8 nitrogen and oxygen atoms in total. The number of aryl methyl sites for hydroxylation is 2. The van der Waals surface area contributed by atoms with Crippen LogP contribution in [-0.4, -0.2) is 53.2 Å². The van der Waals surface area contributed by atoms with E-state index in [1.54, 1.807) is 27.8 Å². The standard InChI is InChI=1S/C15H28N6O2S.HI/c1-11-18-13-12(7-6-9-21(13)20-11)19-14(16-5)17-8-10-24(22,23)15(2,3)4;/h12H,6-10H2,1-5H3,(H2,16,17,19);1H. The molecule has 0 spiro atoms. The second-order valence-electron chi connectivity index (χ2n) is 7.01. The molecule has 0 saturated carbocycles. The third-order valence-electron chi connectivity index (χ3n) is 4.11. The molecule has 0 radical (unpaired) electrons. The molecule has 0 saturated heterocycles. The quantitative estimate of drug-likeness (QED) is 0.381. The molecule has 1 aliphatic heterocycles. The molecule has 0 fully saturated rings. The number of nitrogens with one attached hydrogen (secondary N) is 2. The molecule has 0 amide bonds. The number of halogens is 1. The zero-order chi connectivity index (χ0) is 18.0. The van der Waals surface area contributed by atoms with Crippen molar-refractivity contribution in [3.05, 3.63) is 11.6 Å². The Morgan fingerprint density at radius 2 is 2.08 bits per heavy atom. The number of hydrogen-bond acceptors (Lipinski definition) is 5. The lowest BCUT2D eigenvalue weighted by Crippen LogP contribution is -2.44. The van der Waals surface area contributed by atoms with Gasteiger partial charge in [-0.15, -0.1) is 24.0 Å². The Kier molecular flexibility index (Phi) is 7.66. The molecule has 2 rings (SSSR count). The summed E-state index contributed by atoms with van der Waals surface area (Å²) in [5.41, 5.74) is 0. The number of nitrogens with zero attached hydrogens (tertiary/aromatic N) is 4. The Morgan fingerprint density at radius 3 is 2.68 bits per heavy atom. The van der Waals surface area contributed by atoms with Gasteiger partial charge in [0.2, 0.25) is 0 Å². The van der Waals surface area contributed by atoms with E-state index < -0.39 is 14.6 Å². The van der Waals surface area contributed by atoms with Crippen LogP contribution in [0.5, 0.6) is 0 Å². The molecule has 25 heavy (non-hydrogen) atoms. The molecule has 2 N–H and O–H groups in total. The van der Waals surface area contributed by atoms with E-state index >= 15 is 0 Å². The van der Waals surface area contributed by atoms with Crippen molar-refractivity contribution in [1.29, 1.82) is 0 Å². The maximum atomic E-state index is 12.2. The van der Waals surface area contributed by atoms with Gasteiger partial charge in [0.05, 0.1) is 16.5 Å². The summed E-state index contributed by atoms with van der Waals surface area (Å²) in [6.07, 6.45) is 1.96. The van der Waals surface area contributed by atoms with Crippen molar-refractivity contribution in [2.75, 3.05) is 19.3 Å². The van der Waals surface area contributed by atoms with Crippen LogP contribution in [0.25, 0.3) is 0 Å². The summed E-state index contributed by atoms with van der Waals surface area (Å²) in [5, 5.41) is 10.8. The van der Waals surface area contributed by atoms with Crippen LogP contribution >= 0.6 is 24.0 Å². The number of fused-ring (bicyclic) bond motifs is 1. The van der Waals surface area contributed by atoms with Crippen molar-refractivity contribution >= 4 is 39.8 Å². The highest BCUT2D eigenvalue weighted by molar-refractivity contribution is 14.0. The normalized spacial score (nSPS) is 18.3. The SMILES string of the molecule is CN=C(NCCS(=O)(=O)C(C)(C)C)NC1CCCn2nc(C)nc21.I. The maximum absolute atomic E-state index is 12.2. The molecule has 0 aromatic carbocycles. The first-order chi connectivity index (χ1) is 11.1. The molecule has 0 aliphatic carbocycles. The van der Waals surface area contributed by atoms with Crippen LogP contribution in [0, 0.1) is 6.92 Å². The van der Waals surface area contributed by atoms with Gasteiger partial charge in [-0.1, -0.05) is 0 Å². The highest BCUT2D eigenvalue weighted by Gasteiger charge is 2.28. The highest BCUT2D eigenvalue weighted by atomic mass is 127. The lowest BCUT2D eigenvalue weighted by atomic mass is 10.1. The van der Waals surface area contributed by atoms with Crippen molar-refractivity contribution in [3.63, 3.8) is 0 Å². The molecule has 10 heteroatoms. The molecule has 2 heterocycles. The minimum absolute atomic E-state index is 0. The summed E-state index contributed by atoms with van der Waals surface area (Å²) < 4.78 is 25.5. The van der Waals surface area contributed by atoms with Gasteiger partial charge in [-0.25, -0.2) is 18.1 Å². The maximum Gasteiger partial charge on any atom is 0.191 e. The van der Waals surface area contributed by atoms with Crippen molar-refractivity contribution in [2.45, 2.75) is 57.9 Å². The Labute approximate surface area is 167 Å². The van der Waals surface area contributed by atoms with Crippen molar-refractivity contribution in [2.24, 2.45) is 4.99 Å². The number of sulfone groups is 1. The predicted octanol–water partition coefficient (Wildman–Crippen LogP) is 1.42. The van der Waals surface area contributed by atoms with Gasteiger partial charge >= 0.3 is 0 Å². The Bertz CT molecular complexity index is 708. The molecule has 1 aromatic rings. The second-order valence-corrected chi connectivity index (χ2v) is 9.87. The lowest BCUT2D eigenvalue weighted by molar-refractivity contribution is 0.398. The monoisotopic (exact) mass is 484 g/mol. The molecule has 1 aromatic heterocycles. The zero-order valence-corrected chi connectivity index (χ0v) is 18.7. The summed E-state index contributed by atoms with van der Waals surface area (Å²) in [6, 6.07) is 0.0328. The summed E-state index contributed by atoms with van der Waals surface area (Å²) in [7, 11) is -1.48. The van der Waals surface area contributed by atoms with E-state index in [1.807, 2.05) is 11.6 Å². The Hall–Kier alpha value is -0.910. The summed E-state index contributed by atoms with van der Waals surface area (Å²) in [5.74, 6) is 2.32. The molecular formula is C15H29IN6O2S. The van der Waals surface area contributed by atoms with Crippen LogP contribution in [0.1, 0.15) is 51.3 Å². The van der Waals surface area contributed by atoms with E-state index in [-0.39, 0.29) is 35.8 Å². The molecule has 0 bridgehead atoms. The lowest BCUT2D eigenvalue weighted by Gasteiger charge is -2.25. The molecule has 1 aliphatic rings. The van der Waals surface area contributed by atoms with Crippen molar-refractivity contribution < 1.29 is 8.42 Å². The first-order valence-corrected chi connectivity index (χ1v) is 9.90. The molecule has 144 valence electrons. The average molecular weight is 484 g/mol. The number of rotatable bonds is 4. The van der Waals surface area contributed by atoms with E-state index in [4.69, 9.17) is 0 Å².